The van der Waals surface area contributed by atoms with Crippen LogP contribution in [0.5, 0.6) is 0 Å². The zero-order chi connectivity index (χ0) is 14.0. The Kier molecular flexibility index (Phi) is 17.5. The van der Waals surface area contributed by atoms with Gasteiger partial charge in [-0.1, -0.05) is 103 Å². The third-order valence-corrected chi connectivity index (χ3v) is 3.88. The summed E-state index contributed by atoms with van der Waals surface area (Å²) in [5.41, 5.74) is 0. The van der Waals surface area contributed by atoms with Gasteiger partial charge < -0.3 is 0 Å². The van der Waals surface area contributed by atoms with Crippen LogP contribution in [-0.4, -0.2) is 0 Å². The van der Waals surface area contributed by atoms with Gasteiger partial charge in [0.15, 0.2) is 0 Å². The second-order valence-corrected chi connectivity index (χ2v) is 5.91. The molecule has 0 aliphatic carbocycles. The van der Waals surface area contributed by atoms with Crippen molar-refractivity contribution in [3.8, 4) is 0 Å². The van der Waals surface area contributed by atoms with Crippen molar-refractivity contribution in [2.75, 3.05) is 0 Å². The van der Waals surface area contributed by atoms with E-state index in [1.807, 2.05) is 0 Å². The van der Waals surface area contributed by atoms with Gasteiger partial charge in [-0.15, -0.1) is 0 Å². The number of hydrogen-bond acceptors (Lipinski definition) is 0. The Labute approximate surface area is 123 Å². The monoisotopic (exact) mass is 266 g/mol. The minimum Gasteiger partial charge on any atom is -0.0888 e. The third-order valence-electron chi connectivity index (χ3n) is 3.88. The van der Waals surface area contributed by atoms with E-state index in [1.54, 1.807) is 0 Å². The van der Waals surface area contributed by atoms with E-state index in [2.05, 4.69) is 26.0 Å². The SMILES string of the molecule is CC/C=C\CCCCCCCCCCCCCCC. The summed E-state index contributed by atoms with van der Waals surface area (Å²) in [6, 6.07) is 0. The Hall–Kier alpha value is -0.260. The molecule has 0 nitrogen and oxygen atoms in total. The molecule has 19 heavy (non-hydrogen) atoms. The molecule has 0 aliphatic rings. The molecule has 0 unspecified atom stereocenters. The lowest BCUT2D eigenvalue weighted by Crippen LogP contribution is -1.82. The van der Waals surface area contributed by atoms with Crippen molar-refractivity contribution in [1.82, 2.24) is 0 Å². The van der Waals surface area contributed by atoms with Crippen LogP contribution in [0.2, 0.25) is 0 Å². The second kappa shape index (κ2) is 17.7. The lowest BCUT2D eigenvalue weighted by molar-refractivity contribution is 0.540. The Morgan fingerprint density at radius 2 is 0.895 bits per heavy atom. The Morgan fingerprint density at radius 3 is 1.32 bits per heavy atom. The minimum atomic E-state index is 1.19. The molecule has 0 fully saturated rings. The number of allylic oxidation sites excluding steroid dienone is 2. The minimum absolute atomic E-state index is 1.19. The standard InChI is InChI=1S/C19H38/c1-3-5-7-9-11-13-15-17-19-18-16-14-12-10-8-6-4-2/h5,7H,3-4,6,8-19H2,1-2H3/b7-5-. The van der Waals surface area contributed by atoms with E-state index in [9.17, 15) is 0 Å². The predicted octanol–water partition coefficient (Wildman–Crippen LogP) is 7.43. The molecule has 0 N–H and O–H groups in total. The van der Waals surface area contributed by atoms with Crippen LogP contribution >= 0.6 is 0 Å². The molecule has 0 heteroatoms. The van der Waals surface area contributed by atoms with Crippen LogP contribution < -0.4 is 0 Å². The van der Waals surface area contributed by atoms with Crippen molar-refractivity contribution in [3.63, 3.8) is 0 Å². The first kappa shape index (κ1) is 18.7. The van der Waals surface area contributed by atoms with Crippen molar-refractivity contribution in [3.05, 3.63) is 12.2 Å². The van der Waals surface area contributed by atoms with E-state index < -0.39 is 0 Å². The van der Waals surface area contributed by atoms with Crippen LogP contribution in [0, 0.1) is 0 Å². The van der Waals surface area contributed by atoms with E-state index in [4.69, 9.17) is 0 Å². The van der Waals surface area contributed by atoms with Crippen LogP contribution in [0.25, 0.3) is 0 Å². The van der Waals surface area contributed by atoms with Crippen LogP contribution in [0.15, 0.2) is 12.2 Å². The van der Waals surface area contributed by atoms with Crippen LogP contribution in [0.1, 0.15) is 110 Å². The fourth-order valence-electron chi connectivity index (χ4n) is 2.56. The van der Waals surface area contributed by atoms with Gasteiger partial charge in [-0.3, -0.25) is 0 Å². The molecule has 0 aromatic carbocycles. The van der Waals surface area contributed by atoms with Crippen molar-refractivity contribution < 1.29 is 0 Å². The van der Waals surface area contributed by atoms with Gasteiger partial charge in [0.1, 0.15) is 0 Å². The first-order chi connectivity index (χ1) is 9.41. The highest BCUT2D eigenvalue weighted by atomic mass is 14.0. The third kappa shape index (κ3) is 17.7. The summed E-state index contributed by atoms with van der Waals surface area (Å²) in [5, 5.41) is 0. The molecule has 0 aliphatic heterocycles. The second-order valence-electron chi connectivity index (χ2n) is 5.91. The largest absolute Gasteiger partial charge is 0.0888 e. The van der Waals surface area contributed by atoms with Crippen molar-refractivity contribution >= 4 is 0 Å². The highest BCUT2D eigenvalue weighted by molar-refractivity contribution is 4.79. The molecule has 114 valence electrons. The molecule has 0 bridgehead atoms. The van der Waals surface area contributed by atoms with Gasteiger partial charge in [-0.05, 0) is 19.3 Å². The summed E-state index contributed by atoms with van der Waals surface area (Å²) in [6.07, 6.45) is 26.0. The maximum atomic E-state index is 2.35. The zero-order valence-electron chi connectivity index (χ0n) is 13.8. The molecule has 0 aromatic rings. The van der Waals surface area contributed by atoms with E-state index in [1.165, 1.54) is 96.3 Å². The summed E-state index contributed by atoms with van der Waals surface area (Å²) in [6.45, 7) is 4.50. The van der Waals surface area contributed by atoms with Gasteiger partial charge in [-0.2, -0.15) is 0 Å². The van der Waals surface area contributed by atoms with Gasteiger partial charge in [0, 0.05) is 0 Å². The summed E-state index contributed by atoms with van der Waals surface area (Å²) in [5.74, 6) is 0. The maximum Gasteiger partial charge on any atom is -0.0351 e. The molecule has 0 aromatic heterocycles. The highest BCUT2D eigenvalue weighted by Crippen LogP contribution is 2.12. The zero-order valence-corrected chi connectivity index (χ0v) is 13.8. The normalized spacial score (nSPS) is 11.5. The van der Waals surface area contributed by atoms with E-state index in [0.29, 0.717) is 0 Å². The molecular formula is C19H38. The fourth-order valence-corrected chi connectivity index (χ4v) is 2.56. The number of rotatable bonds is 15. The molecule has 0 atom stereocenters. The number of unbranched alkanes of at least 4 members (excludes halogenated alkanes) is 13. The van der Waals surface area contributed by atoms with Crippen molar-refractivity contribution in [2.24, 2.45) is 0 Å². The molecule has 0 saturated carbocycles. The quantitative estimate of drug-likeness (QED) is 0.213. The van der Waals surface area contributed by atoms with E-state index >= 15 is 0 Å². The maximum absolute atomic E-state index is 2.35. The van der Waals surface area contributed by atoms with Gasteiger partial charge >= 0.3 is 0 Å². The smallest absolute Gasteiger partial charge is 0.0351 e. The first-order valence-corrected chi connectivity index (χ1v) is 9.06. The lowest BCUT2D eigenvalue weighted by Gasteiger charge is -2.02. The fraction of sp³-hybridized carbons (Fsp3) is 0.895. The van der Waals surface area contributed by atoms with E-state index in [0.717, 1.165) is 0 Å². The molecule has 0 radical (unpaired) electrons. The highest BCUT2D eigenvalue weighted by Gasteiger charge is 1.93. The van der Waals surface area contributed by atoms with Crippen molar-refractivity contribution in [1.29, 1.82) is 0 Å². The summed E-state index contributed by atoms with van der Waals surface area (Å²) in [7, 11) is 0. The van der Waals surface area contributed by atoms with Gasteiger partial charge in [0.25, 0.3) is 0 Å². The topological polar surface area (TPSA) is 0 Å². The molecule has 0 rings (SSSR count). The van der Waals surface area contributed by atoms with Gasteiger partial charge in [0.05, 0.1) is 0 Å². The molecule has 0 saturated heterocycles. The summed E-state index contributed by atoms with van der Waals surface area (Å²) in [4.78, 5) is 0. The summed E-state index contributed by atoms with van der Waals surface area (Å²) < 4.78 is 0. The van der Waals surface area contributed by atoms with Gasteiger partial charge in [0.2, 0.25) is 0 Å². The average Bonchev–Trinajstić information content (AvgIpc) is 2.43. The lowest BCUT2D eigenvalue weighted by atomic mass is 10.0. The average molecular weight is 267 g/mol. The molecule has 0 amide bonds. The Balaban J connectivity index is 2.93. The van der Waals surface area contributed by atoms with Crippen LogP contribution in [-0.2, 0) is 0 Å². The summed E-state index contributed by atoms with van der Waals surface area (Å²) >= 11 is 0. The number of hydrogen-bond donors (Lipinski definition) is 0. The molecule has 0 spiro atoms. The van der Waals surface area contributed by atoms with Gasteiger partial charge in [-0.25, -0.2) is 0 Å². The first-order valence-electron chi connectivity index (χ1n) is 9.06. The van der Waals surface area contributed by atoms with Crippen LogP contribution in [0.3, 0.4) is 0 Å². The van der Waals surface area contributed by atoms with Crippen molar-refractivity contribution in [2.45, 2.75) is 110 Å². The Bertz CT molecular complexity index is 169. The Morgan fingerprint density at radius 1 is 0.474 bits per heavy atom. The van der Waals surface area contributed by atoms with E-state index in [-0.39, 0.29) is 0 Å². The molecular weight excluding hydrogens is 228 g/mol. The predicted molar refractivity (Wildman–Crippen MR) is 89.7 cm³/mol. The van der Waals surface area contributed by atoms with Crippen LogP contribution in [0.4, 0.5) is 0 Å². The molecule has 0 heterocycles.